The summed E-state index contributed by atoms with van der Waals surface area (Å²) >= 11 is 0. The quantitative estimate of drug-likeness (QED) is 0.763. The van der Waals surface area contributed by atoms with E-state index in [1.54, 1.807) is 0 Å². The van der Waals surface area contributed by atoms with Gasteiger partial charge in [0.1, 0.15) is 0 Å². The van der Waals surface area contributed by atoms with Gasteiger partial charge in [0.15, 0.2) is 0 Å². The van der Waals surface area contributed by atoms with Crippen molar-refractivity contribution in [1.82, 2.24) is 10.6 Å². The fourth-order valence-electron chi connectivity index (χ4n) is 2.65. The minimum atomic E-state index is -0.913. The summed E-state index contributed by atoms with van der Waals surface area (Å²) in [5, 5.41) is 13.9. The van der Waals surface area contributed by atoms with Crippen LogP contribution >= 0.6 is 0 Å². The average Bonchev–Trinajstić information content (AvgIpc) is 2.73. The molecular weight excluding hydrogens is 256 g/mol. The molecule has 0 fully saturated rings. The van der Waals surface area contributed by atoms with Gasteiger partial charge in [-0.1, -0.05) is 31.2 Å². The Bertz CT molecular complexity index is 489. The monoisotopic (exact) mass is 276 g/mol. The maximum Gasteiger partial charge on any atom is 0.314 e. The highest BCUT2D eigenvalue weighted by molar-refractivity contribution is 5.75. The fourth-order valence-corrected chi connectivity index (χ4v) is 2.65. The molecule has 1 aromatic carbocycles. The van der Waals surface area contributed by atoms with Crippen molar-refractivity contribution >= 4 is 12.0 Å². The molecule has 1 aliphatic carbocycles. The van der Waals surface area contributed by atoms with E-state index in [9.17, 15) is 9.59 Å². The van der Waals surface area contributed by atoms with Gasteiger partial charge in [-0.2, -0.15) is 0 Å². The number of nitrogens with one attached hydrogen (secondary N) is 2. The van der Waals surface area contributed by atoms with Gasteiger partial charge in [-0.15, -0.1) is 0 Å². The number of carbonyl (C=O) groups excluding carboxylic acids is 1. The van der Waals surface area contributed by atoms with Gasteiger partial charge in [-0.05, 0) is 29.4 Å². The van der Waals surface area contributed by atoms with E-state index >= 15 is 0 Å². The standard InChI is InChI=1S/C15H20N2O3/c1-15(8-11-4-2-3-5-12(11)9-15)10-17-14(20)16-7-6-13(18)19/h2-5H,6-10H2,1H3,(H,18,19)(H2,16,17,20). The molecule has 0 heterocycles. The second-order valence-electron chi connectivity index (χ2n) is 5.69. The maximum absolute atomic E-state index is 11.6. The Morgan fingerprint density at radius 3 is 2.35 bits per heavy atom. The van der Waals surface area contributed by atoms with Crippen LogP contribution in [0.15, 0.2) is 24.3 Å². The third-order valence-electron chi connectivity index (χ3n) is 3.65. The van der Waals surface area contributed by atoms with Crippen molar-refractivity contribution in [2.45, 2.75) is 26.2 Å². The maximum atomic E-state index is 11.6. The summed E-state index contributed by atoms with van der Waals surface area (Å²) in [7, 11) is 0. The number of fused-ring (bicyclic) bond motifs is 1. The minimum absolute atomic E-state index is 0.0355. The van der Waals surface area contributed by atoms with Gasteiger partial charge < -0.3 is 15.7 Å². The van der Waals surface area contributed by atoms with Crippen molar-refractivity contribution < 1.29 is 14.7 Å². The van der Waals surface area contributed by atoms with Gasteiger partial charge in [-0.3, -0.25) is 4.79 Å². The lowest BCUT2D eigenvalue weighted by molar-refractivity contribution is -0.136. The van der Waals surface area contributed by atoms with E-state index in [1.807, 2.05) is 12.1 Å². The van der Waals surface area contributed by atoms with E-state index in [0.717, 1.165) is 12.8 Å². The van der Waals surface area contributed by atoms with Crippen molar-refractivity contribution in [3.05, 3.63) is 35.4 Å². The first-order chi connectivity index (χ1) is 9.48. The van der Waals surface area contributed by atoms with Crippen molar-refractivity contribution in [1.29, 1.82) is 0 Å². The molecule has 0 spiro atoms. The number of rotatable bonds is 5. The van der Waals surface area contributed by atoms with Crippen molar-refractivity contribution in [2.24, 2.45) is 5.41 Å². The minimum Gasteiger partial charge on any atom is -0.481 e. The molecule has 0 bridgehead atoms. The Labute approximate surface area is 118 Å². The molecule has 1 aliphatic rings. The lowest BCUT2D eigenvalue weighted by Crippen LogP contribution is -2.42. The van der Waals surface area contributed by atoms with E-state index in [1.165, 1.54) is 11.1 Å². The number of aliphatic carboxylic acids is 1. The second-order valence-corrected chi connectivity index (χ2v) is 5.69. The number of urea groups is 1. The molecule has 2 amide bonds. The normalized spacial score (nSPS) is 15.4. The fraction of sp³-hybridized carbons (Fsp3) is 0.467. The Balaban J connectivity index is 1.77. The molecule has 0 radical (unpaired) electrons. The van der Waals surface area contributed by atoms with E-state index in [-0.39, 0.29) is 24.4 Å². The number of benzene rings is 1. The van der Waals surface area contributed by atoms with Gasteiger partial charge >= 0.3 is 12.0 Å². The first-order valence-electron chi connectivity index (χ1n) is 6.79. The number of carbonyl (C=O) groups is 2. The van der Waals surface area contributed by atoms with Gasteiger partial charge in [0.25, 0.3) is 0 Å². The summed E-state index contributed by atoms with van der Waals surface area (Å²) in [5.74, 6) is -0.913. The van der Waals surface area contributed by atoms with Crippen LogP contribution in [0.2, 0.25) is 0 Å². The smallest absolute Gasteiger partial charge is 0.314 e. The zero-order chi connectivity index (χ0) is 14.6. The third kappa shape index (κ3) is 3.73. The largest absolute Gasteiger partial charge is 0.481 e. The van der Waals surface area contributed by atoms with Crippen LogP contribution in [0.4, 0.5) is 4.79 Å². The Kier molecular flexibility index (Phi) is 4.27. The van der Waals surface area contributed by atoms with Crippen molar-refractivity contribution in [3.63, 3.8) is 0 Å². The first kappa shape index (κ1) is 14.4. The molecule has 0 aliphatic heterocycles. The van der Waals surface area contributed by atoms with Crippen LogP contribution in [0, 0.1) is 5.41 Å². The Morgan fingerprint density at radius 2 is 1.80 bits per heavy atom. The lowest BCUT2D eigenvalue weighted by Gasteiger charge is -2.24. The van der Waals surface area contributed by atoms with Crippen LogP contribution in [0.1, 0.15) is 24.5 Å². The molecular formula is C15H20N2O3. The molecule has 0 unspecified atom stereocenters. The summed E-state index contributed by atoms with van der Waals surface area (Å²) < 4.78 is 0. The molecule has 20 heavy (non-hydrogen) atoms. The van der Waals surface area contributed by atoms with Crippen molar-refractivity contribution in [3.8, 4) is 0 Å². The predicted molar refractivity (Wildman–Crippen MR) is 75.6 cm³/mol. The molecule has 3 N–H and O–H groups in total. The van der Waals surface area contributed by atoms with Crippen LogP contribution in [0.3, 0.4) is 0 Å². The molecule has 0 atom stereocenters. The van der Waals surface area contributed by atoms with E-state index in [2.05, 4.69) is 29.7 Å². The summed E-state index contributed by atoms with van der Waals surface area (Å²) in [6, 6.07) is 8.04. The van der Waals surface area contributed by atoms with Gasteiger partial charge in [0.05, 0.1) is 6.42 Å². The van der Waals surface area contributed by atoms with Crippen LogP contribution in [-0.4, -0.2) is 30.2 Å². The number of amides is 2. The predicted octanol–water partition coefficient (Wildman–Crippen LogP) is 1.57. The molecule has 0 saturated carbocycles. The summed E-state index contributed by atoms with van der Waals surface area (Å²) in [6.07, 6.45) is 1.85. The van der Waals surface area contributed by atoms with Gasteiger partial charge in [0, 0.05) is 13.1 Å². The van der Waals surface area contributed by atoms with E-state index in [4.69, 9.17) is 5.11 Å². The summed E-state index contributed by atoms with van der Waals surface area (Å²) in [4.78, 5) is 21.9. The topological polar surface area (TPSA) is 78.4 Å². The van der Waals surface area contributed by atoms with E-state index in [0.29, 0.717) is 6.54 Å². The van der Waals surface area contributed by atoms with E-state index < -0.39 is 5.97 Å². The summed E-state index contributed by atoms with van der Waals surface area (Å²) in [6.45, 7) is 2.89. The molecule has 2 rings (SSSR count). The second kappa shape index (κ2) is 5.94. The van der Waals surface area contributed by atoms with Gasteiger partial charge in [-0.25, -0.2) is 4.79 Å². The molecule has 1 aromatic rings. The zero-order valence-corrected chi connectivity index (χ0v) is 11.6. The van der Waals surface area contributed by atoms with Crippen LogP contribution in [0.5, 0.6) is 0 Å². The number of carboxylic acids is 1. The Hall–Kier alpha value is -2.04. The van der Waals surface area contributed by atoms with Crippen LogP contribution in [0.25, 0.3) is 0 Å². The zero-order valence-electron chi connectivity index (χ0n) is 11.6. The molecule has 108 valence electrons. The highest BCUT2D eigenvalue weighted by Crippen LogP contribution is 2.35. The van der Waals surface area contributed by atoms with Gasteiger partial charge in [0.2, 0.25) is 0 Å². The molecule has 5 heteroatoms. The number of hydrogen-bond acceptors (Lipinski definition) is 2. The molecule has 0 saturated heterocycles. The highest BCUT2D eigenvalue weighted by atomic mass is 16.4. The van der Waals surface area contributed by atoms with Crippen LogP contribution in [-0.2, 0) is 17.6 Å². The Morgan fingerprint density at radius 1 is 1.20 bits per heavy atom. The summed E-state index contributed by atoms with van der Waals surface area (Å²) in [5.41, 5.74) is 2.74. The lowest BCUT2D eigenvalue weighted by atomic mass is 9.87. The number of carboxylic acid groups (broad SMARTS) is 1. The number of hydrogen-bond donors (Lipinski definition) is 3. The highest BCUT2D eigenvalue weighted by Gasteiger charge is 2.32. The average molecular weight is 276 g/mol. The van der Waals surface area contributed by atoms with Crippen molar-refractivity contribution in [2.75, 3.05) is 13.1 Å². The first-order valence-corrected chi connectivity index (χ1v) is 6.79. The molecule has 5 nitrogen and oxygen atoms in total. The third-order valence-corrected chi connectivity index (χ3v) is 3.65. The van der Waals surface area contributed by atoms with Crippen LogP contribution < -0.4 is 10.6 Å². The SMILES string of the molecule is CC1(CNC(=O)NCCC(=O)O)Cc2ccccc2C1. The molecule has 0 aromatic heterocycles.